The Morgan fingerprint density at radius 2 is 1.42 bits per heavy atom. The van der Waals surface area contributed by atoms with Crippen LogP contribution < -0.4 is 5.32 Å². The fourth-order valence-corrected chi connectivity index (χ4v) is 2.59. The van der Waals surface area contributed by atoms with Gasteiger partial charge in [-0.1, -0.05) is 0 Å². The summed E-state index contributed by atoms with van der Waals surface area (Å²) in [5.74, 6) is 0. The fraction of sp³-hybridized carbons (Fsp3) is 0.682. The summed E-state index contributed by atoms with van der Waals surface area (Å²) in [6.07, 6.45) is -0.395. The smallest absolute Gasteiger partial charge is 0.410 e. The number of nitro groups is 2. The Kier molecular flexibility index (Phi) is 14.3. The number of likely N-dealkylation sites (N-methyl/N-ethyl adjacent to an activating group) is 1. The molecule has 36 heavy (non-hydrogen) atoms. The topological polar surface area (TPSA) is 165 Å². The molecule has 1 N–H and O–H groups in total. The van der Waals surface area contributed by atoms with E-state index in [1.54, 1.807) is 7.05 Å². The molecule has 0 bridgehead atoms. The fourth-order valence-electron chi connectivity index (χ4n) is 2.59. The third kappa shape index (κ3) is 13.7. The second kappa shape index (κ2) is 16.6. The van der Waals surface area contributed by atoms with Crippen molar-refractivity contribution in [3.05, 3.63) is 38.4 Å². The highest BCUT2D eigenvalue weighted by Crippen LogP contribution is 2.28. The van der Waals surface area contributed by atoms with Gasteiger partial charge < -0.3 is 33.9 Å². The number of hydrogen-bond donors (Lipinski definition) is 1. The largest absolute Gasteiger partial charge is 0.444 e. The van der Waals surface area contributed by atoms with Crippen LogP contribution in [0, 0.1) is 20.2 Å². The van der Waals surface area contributed by atoms with Gasteiger partial charge in [-0.2, -0.15) is 0 Å². The normalized spacial score (nSPS) is 11.2. The summed E-state index contributed by atoms with van der Waals surface area (Å²) in [5.41, 5.74) is -1.07. The third-order valence-electron chi connectivity index (χ3n) is 4.34. The number of anilines is 1. The number of carbonyl (C=O) groups excluding carboxylic acids is 1. The van der Waals surface area contributed by atoms with Gasteiger partial charge >= 0.3 is 6.09 Å². The molecule has 14 nitrogen and oxygen atoms in total. The molecule has 1 amide bonds. The molecular weight excluding hydrogens is 480 g/mol. The Morgan fingerprint density at radius 3 is 1.92 bits per heavy atom. The molecule has 0 saturated heterocycles. The van der Waals surface area contributed by atoms with Gasteiger partial charge in [0.1, 0.15) is 11.3 Å². The number of non-ortho nitro benzene ring substituents is 1. The summed E-state index contributed by atoms with van der Waals surface area (Å²) in [5, 5.41) is 24.7. The van der Waals surface area contributed by atoms with Crippen LogP contribution in [0.5, 0.6) is 0 Å². The number of nitrogens with one attached hydrogen (secondary N) is 1. The summed E-state index contributed by atoms with van der Waals surface area (Å²) in [6, 6.07) is 3.41. The van der Waals surface area contributed by atoms with Crippen LogP contribution in [-0.4, -0.2) is 99.4 Å². The second-order valence-corrected chi connectivity index (χ2v) is 8.49. The molecule has 14 heteroatoms. The van der Waals surface area contributed by atoms with Crippen molar-refractivity contribution >= 4 is 23.2 Å². The maximum absolute atomic E-state index is 11.8. The van der Waals surface area contributed by atoms with Crippen LogP contribution in [0.15, 0.2) is 18.2 Å². The Morgan fingerprint density at radius 1 is 0.889 bits per heavy atom. The zero-order valence-corrected chi connectivity index (χ0v) is 21.2. The first-order valence-corrected chi connectivity index (χ1v) is 11.4. The van der Waals surface area contributed by atoms with E-state index < -0.39 is 21.5 Å². The zero-order chi connectivity index (χ0) is 27.0. The first kappa shape index (κ1) is 31.0. The molecule has 0 radical (unpaired) electrons. The summed E-state index contributed by atoms with van der Waals surface area (Å²) in [4.78, 5) is 33.7. The number of amides is 1. The van der Waals surface area contributed by atoms with Crippen LogP contribution in [0.4, 0.5) is 21.9 Å². The van der Waals surface area contributed by atoms with E-state index in [1.807, 2.05) is 20.8 Å². The quantitative estimate of drug-likeness (QED) is 0.173. The maximum Gasteiger partial charge on any atom is 0.410 e. The van der Waals surface area contributed by atoms with Crippen LogP contribution in [0.25, 0.3) is 0 Å². The van der Waals surface area contributed by atoms with Crippen molar-refractivity contribution in [1.82, 2.24) is 4.90 Å². The van der Waals surface area contributed by atoms with E-state index in [4.69, 9.17) is 23.7 Å². The molecule has 1 rings (SSSR count). The molecule has 0 aliphatic carbocycles. The van der Waals surface area contributed by atoms with E-state index in [0.717, 1.165) is 6.07 Å². The number of nitro benzene ring substituents is 2. The van der Waals surface area contributed by atoms with E-state index in [2.05, 4.69) is 5.32 Å². The molecule has 0 saturated carbocycles. The lowest BCUT2D eigenvalue weighted by molar-refractivity contribution is -0.393. The second-order valence-electron chi connectivity index (χ2n) is 8.49. The summed E-state index contributed by atoms with van der Waals surface area (Å²) < 4.78 is 26.9. The zero-order valence-electron chi connectivity index (χ0n) is 21.2. The highest BCUT2D eigenvalue weighted by atomic mass is 16.6. The monoisotopic (exact) mass is 516 g/mol. The highest BCUT2D eigenvalue weighted by Gasteiger charge is 2.20. The molecule has 1 aromatic carbocycles. The Labute approximate surface area is 210 Å². The van der Waals surface area contributed by atoms with E-state index in [9.17, 15) is 25.0 Å². The highest BCUT2D eigenvalue weighted by molar-refractivity contribution is 5.67. The van der Waals surface area contributed by atoms with E-state index in [0.29, 0.717) is 52.8 Å². The molecule has 0 heterocycles. The number of benzene rings is 1. The van der Waals surface area contributed by atoms with Gasteiger partial charge in [0.15, 0.2) is 0 Å². The molecular formula is C22H36N4O10. The molecule has 204 valence electrons. The predicted molar refractivity (Wildman–Crippen MR) is 130 cm³/mol. The minimum absolute atomic E-state index is 0.182. The number of ether oxygens (including phenoxy) is 5. The number of nitrogens with zero attached hydrogens (tertiary/aromatic N) is 3. The van der Waals surface area contributed by atoms with Gasteiger partial charge in [0.05, 0.1) is 68.8 Å². The van der Waals surface area contributed by atoms with Crippen molar-refractivity contribution in [2.24, 2.45) is 0 Å². The summed E-state index contributed by atoms with van der Waals surface area (Å²) >= 11 is 0. The van der Waals surface area contributed by atoms with Crippen molar-refractivity contribution in [1.29, 1.82) is 0 Å². The summed E-state index contributed by atoms with van der Waals surface area (Å²) in [6.45, 7) is 9.04. The first-order chi connectivity index (χ1) is 17.0. The molecule has 0 aliphatic heterocycles. The first-order valence-electron chi connectivity index (χ1n) is 11.4. The van der Waals surface area contributed by atoms with Gasteiger partial charge in [0.25, 0.3) is 11.4 Å². The van der Waals surface area contributed by atoms with Gasteiger partial charge in [-0.25, -0.2) is 4.79 Å². The van der Waals surface area contributed by atoms with Crippen molar-refractivity contribution in [2.75, 3.05) is 78.3 Å². The SMILES string of the molecule is CN(CCOCCOCCOCCOCCNc1ccc([N+](=O)[O-])cc1[N+](=O)[O-])C(=O)OC(C)(C)C. The van der Waals surface area contributed by atoms with Crippen LogP contribution in [0.3, 0.4) is 0 Å². The third-order valence-corrected chi connectivity index (χ3v) is 4.34. The van der Waals surface area contributed by atoms with Gasteiger partial charge in [-0.05, 0) is 26.8 Å². The lowest BCUT2D eigenvalue weighted by Crippen LogP contribution is -2.36. The van der Waals surface area contributed by atoms with E-state index in [-0.39, 0.29) is 30.2 Å². The van der Waals surface area contributed by atoms with Crippen molar-refractivity contribution in [3.63, 3.8) is 0 Å². The lowest BCUT2D eigenvalue weighted by Gasteiger charge is -2.24. The van der Waals surface area contributed by atoms with Gasteiger partial charge in [0.2, 0.25) is 0 Å². The number of hydrogen-bond acceptors (Lipinski definition) is 11. The number of rotatable bonds is 18. The molecule has 0 unspecified atom stereocenters. The predicted octanol–water partition coefficient (Wildman–Crippen LogP) is 2.85. The molecule has 0 spiro atoms. The Bertz CT molecular complexity index is 832. The van der Waals surface area contributed by atoms with Crippen LogP contribution in [0.1, 0.15) is 20.8 Å². The van der Waals surface area contributed by atoms with Crippen LogP contribution >= 0.6 is 0 Å². The van der Waals surface area contributed by atoms with E-state index >= 15 is 0 Å². The van der Waals surface area contributed by atoms with E-state index in [1.165, 1.54) is 17.0 Å². The Hall–Kier alpha value is -3.07. The molecule has 1 aromatic rings. The standard InChI is InChI=1S/C22H36N4O10/c1-22(2,3)36-21(27)24(4)8-10-33-12-14-35-16-15-34-13-11-32-9-7-23-19-6-5-18(25(28)29)17-20(19)26(30)31/h5-6,17,23H,7-16H2,1-4H3. The van der Waals surface area contributed by atoms with Gasteiger partial charge in [0, 0.05) is 26.2 Å². The lowest BCUT2D eigenvalue weighted by atomic mass is 10.2. The van der Waals surface area contributed by atoms with Gasteiger partial charge in [-0.3, -0.25) is 20.2 Å². The molecule has 0 aliphatic rings. The molecule has 0 aromatic heterocycles. The van der Waals surface area contributed by atoms with Crippen LogP contribution in [0.2, 0.25) is 0 Å². The summed E-state index contributed by atoms with van der Waals surface area (Å²) in [7, 11) is 1.65. The average molecular weight is 517 g/mol. The molecule has 0 fully saturated rings. The average Bonchev–Trinajstić information content (AvgIpc) is 2.80. The van der Waals surface area contributed by atoms with Crippen molar-refractivity contribution in [2.45, 2.75) is 26.4 Å². The van der Waals surface area contributed by atoms with Gasteiger partial charge in [-0.15, -0.1) is 0 Å². The van der Waals surface area contributed by atoms with Crippen molar-refractivity contribution in [3.8, 4) is 0 Å². The molecule has 0 atom stereocenters. The van der Waals surface area contributed by atoms with Crippen molar-refractivity contribution < 1.29 is 38.3 Å². The number of carbonyl (C=O) groups is 1. The Balaban J connectivity index is 1.98. The van der Waals surface area contributed by atoms with Crippen LogP contribution in [-0.2, 0) is 23.7 Å². The minimum Gasteiger partial charge on any atom is -0.444 e. The maximum atomic E-state index is 11.8. The minimum atomic E-state index is -0.686.